The molecule has 1 N–H and O–H groups in total. The van der Waals surface area contributed by atoms with Crippen LogP contribution in [0.15, 0.2) is 34.7 Å². The van der Waals surface area contributed by atoms with Crippen molar-refractivity contribution in [3.63, 3.8) is 0 Å². The number of hydrogen-bond acceptors (Lipinski definition) is 5. The Morgan fingerprint density at radius 1 is 1.37 bits per heavy atom. The van der Waals surface area contributed by atoms with Gasteiger partial charge in [-0.15, -0.1) is 0 Å². The summed E-state index contributed by atoms with van der Waals surface area (Å²) in [7, 11) is 1.61. The van der Waals surface area contributed by atoms with Gasteiger partial charge in [0.1, 0.15) is 16.4 Å². The van der Waals surface area contributed by atoms with Crippen LogP contribution in [0, 0.1) is 17.0 Å². The lowest BCUT2D eigenvalue weighted by Crippen LogP contribution is -2.00. The van der Waals surface area contributed by atoms with E-state index in [1.807, 2.05) is 25.1 Å². The molecule has 0 aliphatic carbocycles. The Hall–Kier alpha value is -2.50. The van der Waals surface area contributed by atoms with E-state index in [1.165, 1.54) is 6.07 Å². The van der Waals surface area contributed by atoms with E-state index in [-0.39, 0.29) is 5.88 Å². The predicted molar refractivity (Wildman–Crippen MR) is 70.4 cm³/mol. The molecule has 100 valence electrons. The van der Waals surface area contributed by atoms with Gasteiger partial charge in [-0.3, -0.25) is 10.1 Å². The minimum atomic E-state index is -0.553. The zero-order valence-electron chi connectivity index (χ0n) is 10.7. The van der Waals surface area contributed by atoms with Crippen LogP contribution in [-0.2, 0) is 6.54 Å². The topological polar surface area (TPSA) is 77.5 Å². The van der Waals surface area contributed by atoms with Crippen molar-refractivity contribution < 1.29 is 14.1 Å². The van der Waals surface area contributed by atoms with Gasteiger partial charge in [-0.25, -0.2) is 0 Å². The Morgan fingerprint density at radius 3 is 2.74 bits per heavy atom. The lowest BCUT2D eigenvalue weighted by atomic mass is 10.2. The zero-order valence-corrected chi connectivity index (χ0v) is 10.7. The third kappa shape index (κ3) is 3.04. The van der Waals surface area contributed by atoms with E-state index in [0.29, 0.717) is 12.3 Å². The lowest BCUT2D eigenvalue weighted by molar-refractivity contribution is -0.402. The number of nitro groups is 1. The Balaban J connectivity index is 2.03. The number of hydrogen-bond donors (Lipinski definition) is 1. The predicted octanol–water partition coefficient (Wildman–Crippen LogP) is 3.12. The second-order valence-electron chi connectivity index (χ2n) is 4.03. The van der Waals surface area contributed by atoms with E-state index in [2.05, 4.69) is 5.32 Å². The van der Waals surface area contributed by atoms with Crippen LogP contribution in [0.25, 0.3) is 0 Å². The quantitative estimate of drug-likeness (QED) is 0.661. The van der Waals surface area contributed by atoms with Gasteiger partial charge in [-0.1, -0.05) is 0 Å². The molecule has 6 heteroatoms. The van der Waals surface area contributed by atoms with E-state index in [9.17, 15) is 10.1 Å². The highest BCUT2D eigenvalue weighted by Gasteiger charge is 2.11. The molecule has 0 radical (unpaired) electrons. The van der Waals surface area contributed by atoms with Gasteiger partial charge in [-0.05, 0) is 36.8 Å². The fraction of sp³-hybridized carbons (Fsp3) is 0.231. The first-order valence-corrected chi connectivity index (χ1v) is 5.72. The summed E-state index contributed by atoms with van der Waals surface area (Å²) in [5.41, 5.74) is 1.96. The second kappa shape index (κ2) is 5.43. The highest BCUT2D eigenvalue weighted by molar-refractivity contribution is 5.53. The number of aryl methyl sites for hydroxylation is 1. The SMILES string of the molecule is COc1ccc(NCc2ccc([N+](=O)[O-])o2)c(C)c1. The molecule has 0 amide bonds. The molecule has 0 fully saturated rings. The number of furan rings is 1. The molecule has 1 heterocycles. The highest BCUT2D eigenvalue weighted by Crippen LogP contribution is 2.22. The number of benzene rings is 1. The summed E-state index contributed by atoms with van der Waals surface area (Å²) < 4.78 is 10.2. The Labute approximate surface area is 110 Å². The van der Waals surface area contributed by atoms with Crippen LogP contribution in [0.1, 0.15) is 11.3 Å². The number of anilines is 1. The summed E-state index contributed by atoms with van der Waals surface area (Å²) in [6, 6.07) is 8.58. The van der Waals surface area contributed by atoms with E-state index in [1.54, 1.807) is 13.2 Å². The van der Waals surface area contributed by atoms with Crippen molar-refractivity contribution >= 4 is 11.6 Å². The number of methoxy groups -OCH3 is 1. The molecule has 1 aromatic carbocycles. The summed E-state index contributed by atoms with van der Waals surface area (Å²) in [5, 5.41) is 13.7. The number of rotatable bonds is 5. The normalized spacial score (nSPS) is 10.2. The average molecular weight is 262 g/mol. The van der Waals surface area contributed by atoms with Crippen LogP contribution >= 0.6 is 0 Å². The average Bonchev–Trinajstić information content (AvgIpc) is 2.86. The van der Waals surface area contributed by atoms with Crippen LogP contribution in [0.2, 0.25) is 0 Å². The Bertz CT molecular complexity index is 592. The third-order valence-corrected chi connectivity index (χ3v) is 2.71. The van der Waals surface area contributed by atoms with Crippen molar-refractivity contribution in [1.82, 2.24) is 0 Å². The molecule has 0 aliphatic heterocycles. The van der Waals surface area contributed by atoms with E-state index in [4.69, 9.17) is 9.15 Å². The van der Waals surface area contributed by atoms with Crippen LogP contribution in [-0.4, -0.2) is 12.0 Å². The first kappa shape index (κ1) is 12.9. The molecule has 0 spiro atoms. The van der Waals surface area contributed by atoms with Gasteiger partial charge < -0.3 is 14.5 Å². The van der Waals surface area contributed by atoms with Crippen molar-refractivity contribution in [3.8, 4) is 5.75 Å². The van der Waals surface area contributed by atoms with Crippen molar-refractivity contribution in [2.24, 2.45) is 0 Å². The van der Waals surface area contributed by atoms with E-state index in [0.717, 1.165) is 17.0 Å². The molecule has 0 atom stereocenters. The van der Waals surface area contributed by atoms with E-state index >= 15 is 0 Å². The molecule has 6 nitrogen and oxygen atoms in total. The van der Waals surface area contributed by atoms with Crippen LogP contribution in [0.4, 0.5) is 11.6 Å². The maximum Gasteiger partial charge on any atom is 0.433 e. The van der Waals surface area contributed by atoms with Gasteiger partial charge in [0.15, 0.2) is 0 Å². The molecule has 19 heavy (non-hydrogen) atoms. The van der Waals surface area contributed by atoms with Gasteiger partial charge in [0.05, 0.1) is 19.7 Å². The fourth-order valence-electron chi connectivity index (χ4n) is 1.70. The summed E-state index contributed by atoms with van der Waals surface area (Å²) in [4.78, 5) is 9.94. The van der Waals surface area contributed by atoms with Crippen molar-refractivity contribution in [2.45, 2.75) is 13.5 Å². The monoisotopic (exact) mass is 262 g/mol. The first-order valence-electron chi connectivity index (χ1n) is 5.72. The molecule has 0 bridgehead atoms. The molecular formula is C13H14N2O4. The number of ether oxygens (including phenoxy) is 1. The van der Waals surface area contributed by atoms with Crippen LogP contribution in [0.5, 0.6) is 5.75 Å². The summed E-state index contributed by atoms with van der Waals surface area (Å²) in [6.07, 6.45) is 0. The molecule has 2 aromatic rings. The summed E-state index contributed by atoms with van der Waals surface area (Å²) in [6.45, 7) is 2.34. The van der Waals surface area contributed by atoms with Gasteiger partial charge in [0, 0.05) is 5.69 Å². The second-order valence-corrected chi connectivity index (χ2v) is 4.03. The fourth-order valence-corrected chi connectivity index (χ4v) is 1.70. The van der Waals surface area contributed by atoms with Gasteiger partial charge in [0.25, 0.3) is 0 Å². The molecule has 0 unspecified atom stereocenters. The smallest absolute Gasteiger partial charge is 0.433 e. The number of nitrogens with zero attached hydrogens (tertiary/aromatic N) is 1. The summed E-state index contributed by atoms with van der Waals surface area (Å²) in [5.74, 6) is 1.06. The highest BCUT2D eigenvalue weighted by atomic mass is 16.6. The molecule has 1 aromatic heterocycles. The molecule has 0 aliphatic rings. The summed E-state index contributed by atoms with van der Waals surface area (Å²) >= 11 is 0. The van der Waals surface area contributed by atoms with Crippen molar-refractivity contribution in [1.29, 1.82) is 0 Å². The van der Waals surface area contributed by atoms with Crippen molar-refractivity contribution in [3.05, 3.63) is 51.8 Å². The maximum atomic E-state index is 10.5. The Kier molecular flexibility index (Phi) is 3.70. The molecular weight excluding hydrogens is 248 g/mol. The van der Waals surface area contributed by atoms with Crippen molar-refractivity contribution in [2.75, 3.05) is 12.4 Å². The number of nitrogens with one attached hydrogen (secondary N) is 1. The minimum Gasteiger partial charge on any atom is -0.497 e. The van der Waals surface area contributed by atoms with Crippen LogP contribution < -0.4 is 10.1 Å². The standard InChI is InChI=1S/C13H14N2O4/c1-9-7-10(18-2)3-5-12(9)14-8-11-4-6-13(19-11)15(16)17/h3-7,14H,8H2,1-2H3. The largest absolute Gasteiger partial charge is 0.497 e. The van der Waals surface area contributed by atoms with Gasteiger partial charge in [0.2, 0.25) is 0 Å². The third-order valence-electron chi connectivity index (χ3n) is 2.71. The molecule has 2 rings (SSSR count). The van der Waals surface area contributed by atoms with Crippen LogP contribution in [0.3, 0.4) is 0 Å². The van der Waals surface area contributed by atoms with Gasteiger partial charge >= 0.3 is 5.88 Å². The Morgan fingerprint density at radius 2 is 2.16 bits per heavy atom. The minimum absolute atomic E-state index is 0.247. The first-order chi connectivity index (χ1) is 9.10. The zero-order chi connectivity index (χ0) is 13.8. The van der Waals surface area contributed by atoms with Gasteiger partial charge in [-0.2, -0.15) is 0 Å². The maximum absolute atomic E-state index is 10.5. The molecule has 0 saturated carbocycles. The van der Waals surface area contributed by atoms with E-state index < -0.39 is 4.92 Å². The molecule has 0 saturated heterocycles. The lowest BCUT2D eigenvalue weighted by Gasteiger charge is -2.09.